The van der Waals surface area contributed by atoms with Gasteiger partial charge in [0.2, 0.25) is 11.8 Å². The van der Waals surface area contributed by atoms with E-state index in [9.17, 15) is 9.59 Å². The smallest absolute Gasteiger partial charge is 0.226 e. The molecule has 0 unspecified atom stereocenters. The molecule has 0 atom stereocenters. The fraction of sp³-hybridized carbons (Fsp3) is 0.263. The van der Waals surface area contributed by atoms with Crippen molar-refractivity contribution in [2.75, 3.05) is 16.8 Å². The Morgan fingerprint density at radius 2 is 1.83 bits per heavy atom. The molecule has 0 radical (unpaired) electrons. The van der Waals surface area contributed by atoms with Crippen LogP contribution in [0.2, 0.25) is 0 Å². The van der Waals surface area contributed by atoms with Gasteiger partial charge in [-0.2, -0.15) is 0 Å². The van der Waals surface area contributed by atoms with Crippen molar-refractivity contribution in [3.05, 3.63) is 58.1 Å². The highest BCUT2D eigenvalue weighted by molar-refractivity contribution is 9.10. The van der Waals surface area contributed by atoms with Crippen molar-refractivity contribution in [1.29, 1.82) is 0 Å². The molecule has 2 rings (SSSR count). The predicted molar refractivity (Wildman–Crippen MR) is 101 cm³/mol. The molecule has 126 valence electrons. The second-order valence-corrected chi connectivity index (χ2v) is 6.59. The molecule has 0 aliphatic heterocycles. The van der Waals surface area contributed by atoms with E-state index >= 15 is 0 Å². The van der Waals surface area contributed by atoms with Gasteiger partial charge in [-0.3, -0.25) is 9.59 Å². The molecule has 0 aliphatic rings. The summed E-state index contributed by atoms with van der Waals surface area (Å²) in [6.45, 7) is 5.77. The molecular formula is C19H21BrN2O2. The Morgan fingerprint density at radius 1 is 1.12 bits per heavy atom. The third kappa shape index (κ3) is 4.68. The van der Waals surface area contributed by atoms with E-state index in [2.05, 4.69) is 21.2 Å². The SMILES string of the molecule is CC(=O)N(CCC(=O)Nc1cc(C)ccc1C)c1ccccc1Br. The largest absolute Gasteiger partial charge is 0.326 e. The zero-order valence-electron chi connectivity index (χ0n) is 14.1. The molecule has 4 nitrogen and oxygen atoms in total. The Kier molecular flexibility index (Phi) is 6.15. The Morgan fingerprint density at radius 3 is 2.50 bits per heavy atom. The first kappa shape index (κ1) is 18.2. The van der Waals surface area contributed by atoms with Gasteiger partial charge in [0.25, 0.3) is 0 Å². The van der Waals surface area contributed by atoms with E-state index in [0.717, 1.165) is 27.0 Å². The van der Waals surface area contributed by atoms with Crippen LogP contribution in [-0.2, 0) is 9.59 Å². The molecule has 2 aromatic carbocycles. The first-order chi connectivity index (χ1) is 11.4. The van der Waals surface area contributed by atoms with Gasteiger partial charge in [-0.25, -0.2) is 0 Å². The van der Waals surface area contributed by atoms with Crippen LogP contribution in [0.5, 0.6) is 0 Å². The van der Waals surface area contributed by atoms with E-state index in [4.69, 9.17) is 0 Å². The molecule has 0 aromatic heterocycles. The zero-order chi connectivity index (χ0) is 17.7. The van der Waals surface area contributed by atoms with Crippen LogP contribution in [-0.4, -0.2) is 18.4 Å². The van der Waals surface area contributed by atoms with Gasteiger partial charge in [0.05, 0.1) is 5.69 Å². The number of carbonyl (C=O) groups excluding carboxylic acids is 2. The molecular weight excluding hydrogens is 368 g/mol. The highest BCUT2D eigenvalue weighted by atomic mass is 79.9. The molecule has 2 aromatic rings. The van der Waals surface area contributed by atoms with Crippen molar-refractivity contribution in [2.45, 2.75) is 27.2 Å². The Labute approximate surface area is 151 Å². The zero-order valence-corrected chi connectivity index (χ0v) is 15.7. The van der Waals surface area contributed by atoms with Gasteiger partial charge in [0, 0.05) is 30.0 Å². The fourth-order valence-corrected chi connectivity index (χ4v) is 2.91. The van der Waals surface area contributed by atoms with Crippen LogP contribution < -0.4 is 10.2 Å². The lowest BCUT2D eigenvalue weighted by molar-refractivity contribution is -0.117. The second kappa shape index (κ2) is 8.11. The number of para-hydroxylation sites is 1. The van der Waals surface area contributed by atoms with Crippen LogP contribution in [0.25, 0.3) is 0 Å². The fourth-order valence-electron chi connectivity index (χ4n) is 2.41. The van der Waals surface area contributed by atoms with Gasteiger partial charge in [0.1, 0.15) is 0 Å². The molecule has 0 saturated heterocycles. The van der Waals surface area contributed by atoms with Crippen LogP contribution in [0.3, 0.4) is 0 Å². The minimum absolute atomic E-state index is 0.0959. The number of hydrogen-bond acceptors (Lipinski definition) is 2. The molecule has 5 heteroatoms. The minimum Gasteiger partial charge on any atom is -0.326 e. The van der Waals surface area contributed by atoms with Crippen molar-refractivity contribution < 1.29 is 9.59 Å². The quantitative estimate of drug-likeness (QED) is 0.822. The predicted octanol–water partition coefficient (Wildman–Crippen LogP) is 4.45. The topological polar surface area (TPSA) is 49.4 Å². The number of rotatable bonds is 5. The third-order valence-electron chi connectivity index (χ3n) is 3.75. The van der Waals surface area contributed by atoms with Crippen molar-refractivity contribution in [3.8, 4) is 0 Å². The van der Waals surface area contributed by atoms with E-state index in [1.54, 1.807) is 4.90 Å². The maximum Gasteiger partial charge on any atom is 0.226 e. The van der Waals surface area contributed by atoms with Crippen molar-refractivity contribution in [3.63, 3.8) is 0 Å². The molecule has 0 fully saturated rings. The lowest BCUT2D eigenvalue weighted by atomic mass is 10.1. The van der Waals surface area contributed by atoms with E-state index in [0.29, 0.717) is 6.54 Å². The Hall–Kier alpha value is -2.14. The van der Waals surface area contributed by atoms with Gasteiger partial charge >= 0.3 is 0 Å². The summed E-state index contributed by atoms with van der Waals surface area (Å²) < 4.78 is 0.829. The van der Waals surface area contributed by atoms with E-state index in [1.807, 2.05) is 56.3 Å². The highest BCUT2D eigenvalue weighted by Crippen LogP contribution is 2.26. The number of amides is 2. The molecule has 0 aliphatic carbocycles. The highest BCUT2D eigenvalue weighted by Gasteiger charge is 2.16. The van der Waals surface area contributed by atoms with E-state index < -0.39 is 0 Å². The lowest BCUT2D eigenvalue weighted by Crippen LogP contribution is -2.32. The number of aryl methyl sites for hydroxylation is 2. The van der Waals surface area contributed by atoms with Crippen LogP contribution in [0, 0.1) is 13.8 Å². The van der Waals surface area contributed by atoms with Crippen molar-refractivity contribution >= 4 is 39.1 Å². The van der Waals surface area contributed by atoms with Crippen LogP contribution in [0.4, 0.5) is 11.4 Å². The summed E-state index contributed by atoms with van der Waals surface area (Å²) in [5.74, 6) is -0.205. The maximum atomic E-state index is 12.3. The first-order valence-electron chi connectivity index (χ1n) is 7.78. The first-order valence-corrected chi connectivity index (χ1v) is 8.57. The number of hydrogen-bond donors (Lipinski definition) is 1. The van der Waals surface area contributed by atoms with Crippen LogP contribution >= 0.6 is 15.9 Å². The average Bonchev–Trinajstić information content (AvgIpc) is 2.52. The normalized spacial score (nSPS) is 10.3. The summed E-state index contributed by atoms with van der Waals surface area (Å²) in [5, 5.41) is 2.92. The standard InChI is InChI=1S/C19H21BrN2O2/c1-13-8-9-14(2)17(12-13)21-19(24)10-11-22(15(3)23)18-7-5-4-6-16(18)20/h4-9,12H,10-11H2,1-3H3,(H,21,24). The van der Waals surface area contributed by atoms with Crippen LogP contribution in [0.1, 0.15) is 24.5 Å². The van der Waals surface area contributed by atoms with Gasteiger partial charge in [-0.15, -0.1) is 0 Å². The maximum absolute atomic E-state index is 12.3. The minimum atomic E-state index is -0.109. The summed E-state index contributed by atoms with van der Waals surface area (Å²) in [6.07, 6.45) is 0.230. The monoisotopic (exact) mass is 388 g/mol. The summed E-state index contributed by atoms with van der Waals surface area (Å²) in [6, 6.07) is 13.4. The van der Waals surface area contributed by atoms with Crippen LogP contribution in [0.15, 0.2) is 46.9 Å². The summed E-state index contributed by atoms with van der Waals surface area (Å²) in [4.78, 5) is 25.8. The molecule has 0 heterocycles. The molecule has 2 amide bonds. The number of nitrogens with zero attached hydrogens (tertiary/aromatic N) is 1. The summed E-state index contributed by atoms with van der Waals surface area (Å²) in [5.41, 5.74) is 3.69. The van der Waals surface area contributed by atoms with E-state index in [-0.39, 0.29) is 18.2 Å². The summed E-state index contributed by atoms with van der Waals surface area (Å²) >= 11 is 3.45. The van der Waals surface area contributed by atoms with Crippen molar-refractivity contribution in [1.82, 2.24) is 0 Å². The van der Waals surface area contributed by atoms with E-state index in [1.165, 1.54) is 6.92 Å². The number of halogens is 1. The third-order valence-corrected chi connectivity index (χ3v) is 4.42. The molecule has 24 heavy (non-hydrogen) atoms. The summed E-state index contributed by atoms with van der Waals surface area (Å²) in [7, 11) is 0. The lowest BCUT2D eigenvalue weighted by Gasteiger charge is -2.22. The van der Waals surface area contributed by atoms with Crippen molar-refractivity contribution in [2.24, 2.45) is 0 Å². The molecule has 0 saturated carbocycles. The number of benzene rings is 2. The molecule has 0 spiro atoms. The Bertz CT molecular complexity index is 759. The molecule has 0 bridgehead atoms. The van der Waals surface area contributed by atoms with Gasteiger partial charge in [-0.05, 0) is 59.1 Å². The Balaban J connectivity index is 2.04. The average molecular weight is 389 g/mol. The number of nitrogens with one attached hydrogen (secondary N) is 1. The number of anilines is 2. The molecule has 1 N–H and O–H groups in total. The van der Waals surface area contributed by atoms with Gasteiger partial charge in [-0.1, -0.05) is 24.3 Å². The number of carbonyl (C=O) groups is 2. The van der Waals surface area contributed by atoms with Gasteiger partial charge in [0.15, 0.2) is 0 Å². The second-order valence-electron chi connectivity index (χ2n) is 5.74. The van der Waals surface area contributed by atoms with Gasteiger partial charge < -0.3 is 10.2 Å².